The van der Waals surface area contributed by atoms with E-state index in [9.17, 15) is 22.4 Å². The summed E-state index contributed by atoms with van der Waals surface area (Å²) in [7, 11) is -3.54. The van der Waals surface area contributed by atoms with Crippen molar-refractivity contribution in [3.05, 3.63) is 41.0 Å². The molecule has 11 heteroatoms. The highest BCUT2D eigenvalue weighted by atomic mass is 32.2. The van der Waals surface area contributed by atoms with Gasteiger partial charge in [0.05, 0.1) is 12.1 Å². The second kappa shape index (κ2) is 10.2. The summed E-state index contributed by atoms with van der Waals surface area (Å²) >= 11 is 1.07. The number of sulfonamides is 1. The van der Waals surface area contributed by atoms with Gasteiger partial charge in [-0.25, -0.2) is 17.6 Å². The van der Waals surface area contributed by atoms with E-state index in [0.29, 0.717) is 18.0 Å². The summed E-state index contributed by atoms with van der Waals surface area (Å²) in [6, 6.07) is 6.93. The van der Waals surface area contributed by atoms with Crippen LogP contribution in [0.3, 0.4) is 0 Å². The molecule has 2 aromatic rings. The van der Waals surface area contributed by atoms with Crippen LogP contribution in [0, 0.1) is 5.82 Å². The summed E-state index contributed by atoms with van der Waals surface area (Å²) in [5, 5.41) is 4.96. The zero-order chi connectivity index (χ0) is 24.2. The number of nitrogens with zero attached hydrogens (tertiary/aromatic N) is 1. The molecule has 2 N–H and O–H groups in total. The van der Waals surface area contributed by atoms with E-state index in [-0.39, 0.29) is 22.0 Å². The summed E-state index contributed by atoms with van der Waals surface area (Å²) in [5.41, 5.74) is -0.591. The summed E-state index contributed by atoms with van der Waals surface area (Å²) in [6.07, 6.45) is 1.88. The summed E-state index contributed by atoms with van der Waals surface area (Å²) < 4.78 is 46.5. The van der Waals surface area contributed by atoms with Crippen LogP contribution in [0.15, 0.2) is 34.5 Å². The van der Waals surface area contributed by atoms with E-state index in [1.807, 2.05) is 0 Å². The van der Waals surface area contributed by atoms with Gasteiger partial charge in [0.25, 0.3) is 10.0 Å². The number of hydrogen-bond acceptors (Lipinski definition) is 6. The highest BCUT2D eigenvalue weighted by molar-refractivity contribution is 7.91. The van der Waals surface area contributed by atoms with E-state index in [1.165, 1.54) is 22.5 Å². The van der Waals surface area contributed by atoms with Crippen molar-refractivity contribution in [1.82, 2.24) is 4.31 Å². The zero-order valence-electron chi connectivity index (χ0n) is 18.8. The quantitative estimate of drug-likeness (QED) is 0.607. The van der Waals surface area contributed by atoms with Crippen molar-refractivity contribution < 1.29 is 27.1 Å². The fourth-order valence-corrected chi connectivity index (χ4v) is 6.33. The van der Waals surface area contributed by atoms with Crippen molar-refractivity contribution >= 4 is 44.7 Å². The smallest absolute Gasteiger partial charge is 0.412 e. The number of halogens is 1. The maximum Gasteiger partial charge on any atom is 0.412 e. The fraction of sp³-hybridized carbons (Fsp3) is 0.455. The normalized spacial score (nSPS) is 15.2. The van der Waals surface area contributed by atoms with Gasteiger partial charge in [-0.05, 0) is 63.9 Å². The van der Waals surface area contributed by atoms with Gasteiger partial charge in [0.15, 0.2) is 0 Å². The van der Waals surface area contributed by atoms with E-state index in [0.717, 1.165) is 36.7 Å². The lowest BCUT2D eigenvalue weighted by Gasteiger charge is -2.25. The van der Waals surface area contributed by atoms with Crippen LogP contribution in [0.2, 0.25) is 0 Å². The first kappa shape index (κ1) is 25.1. The number of hydrogen-bond donors (Lipinski definition) is 2. The monoisotopic (exact) mass is 497 g/mol. The van der Waals surface area contributed by atoms with Crippen LogP contribution >= 0.6 is 11.3 Å². The number of nitrogens with one attached hydrogen (secondary N) is 2. The van der Waals surface area contributed by atoms with Gasteiger partial charge in [-0.2, -0.15) is 4.31 Å². The lowest BCUT2D eigenvalue weighted by Crippen LogP contribution is -2.35. The van der Waals surface area contributed by atoms with E-state index in [4.69, 9.17) is 4.74 Å². The summed E-state index contributed by atoms with van der Waals surface area (Å²) in [6.45, 7) is 6.09. The van der Waals surface area contributed by atoms with Gasteiger partial charge in [0.1, 0.15) is 15.6 Å². The van der Waals surface area contributed by atoms with E-state index in [1.54, 1.807) is 26.8 Å². The maximum atomic E-state index is 14.1. The van der Waals surface area contributed by atoms with Crippen LogP contribution in [-0.4, -0.2) is 43.4 Å². The Morgan fingerprint density at radius 1 is 1.09 bits per heavy atom. The lowest BCUT2D eigenvalue weighted by molar-refractivity contribution is -0.115. The highest BCUT2D eigenvalue weighted by Crippen LogP contribution is 2.28. The van der Waals surface area contributed by atoms with Crippen LogP contribution in [0.25, 0.3) is 0 Å². The van der Waals surface area contributed by atoms with Gasteiger partial charge in [0, 0.05) is 23.7 Å². The van der Waals surface area contributed by atoms with Crippen molar-refractivity contribution in [3.63, 3.8) is 0 Å². The fourth-order valence-electron chi connectivity index (χ4n) is 3.30. The van der Waals surface area contributed by atoms with Gasteiger partial charge < -0.3 is 10.1 Å². The molecular formula is C22H28FN3O5S2. The van der Waals surface area contributed by atoms with Crippen LogP contribution < -0.4 is 10.6 Å². The lowest BCUT2D eigenvalue weighted by atomic mass is 10.2. The Morgan fingerprint density at radius 2 is 1.79 bits per heavy atom. The number of piperidine rings is 1. The van der Waals surface area contributed by atoms with E-state index < -0.39 is 33.4 Å². The minimum atomic E-state index is -3.54. The van der Waals surface area contributed by atoms with E-state index >= 15 is 0 Å². The molecule has 2 amide bonds. The van der Waals surface area contributed by atoms with Gasteiger partial charge in [-0.1, -0.05) is 6.42 Å². The van der Waals surface area contributed by atoms with Crippen molar-refractivity contribution in [2.75, 3.05) is 23.7 Å². The molecule has 2 heterocycles. The predicted molar refractivity (Wildman–Crippen MR) is 126 cm³/mol. The number of carbonyl (C=O) groups is 2. The number of amides is 2. The molecule has 0 radical (unpaired) electrons. The highest BCUT2D eigenvalue weighted by Gasteiger charge is 2.27. The number of carbonyl (C=O) groups excluding carboxylic acids is 2. The molecule has 0 spiro atoms. The Morgan fingerprint density at radius 3 is 2.45 bits per heavy atom. The standard InChI is InChI=1S/C22H28FN3O5S2/c1-22(2,3)31-21(28)25-18-13-15(7-9-17(18)23)24-19(27)14-16-8-10-20(32-16)33(29,30)26-11-5-4-6-12-26/h7-10,13H,4-6,11-12,14H2,1-3H3,(H,24,27)(H,25,28). The molecule has 8 nitrogen and oxygen atoms in total. The summed E-state index contributed by atoms with van der Waals surface area (Å²) in [4.78, 5) is 25.0. The van der Waals surface area contributed by atoms with Crippen molar-refractivity contribution in [1.29, 1.82) is 0 Å². The molecule has 1 saturated heterocycles. The largest absolute Gasteiger partial charge is 0.444 e. The minimum absolute atomic E-state index is 0.0353. The number of rotatable bonds is 6. The maximum absolute atomic E-state index is 14.1. The molecule has 0 unspecified atom stereocenters. The molecule has 33 heavy (non-hydrogen) atoms. The molecule has 0 saturated carbocycles. The van der Waals surface area contributed by atoms with Gasteiger partial charge in [0.2, 0.25) is 5.91 Å². The molecule has 1 aliphatic rings. The second-order valence-corrected chi connectivity index (χ2v) is 12.1. The zero-order valence-corrected chi connectivity index (χ0v) is 20.4. The Labute approximate surface area is 197 Å². The molecule has 1 aliphatic heterocycles. The Hall–Kier alpha value is -2.50. The third-order valence-corrected chi connectivity index (χ3v) is 8.22. The van der Waals surface area contributed by atoms with E-state index in [2.05, 4.69) is 10.6 Å². The molecule has 1 aromatic heterocycles. The third-order valence-electron chi connectivity index (χ3n) is 4.77. The Balaban J connectivity index is 1.63. The molecule has 0 atom stereocenters. The number of ether oxygens (including phenoxy) is 1. The molecule has 180 valence electrons. The number of thiophene rings is 1. The van der Waals surface area contributed by atoms with Crippen LogP contribution in [0.1, 0.15) is 44.9 Å². The molecule has 3 rings (SSSR count). The van der Waals surface area contributed by atoms with Crippen molar-refractivity contribution in [3.8, 4) is 0 Å². The molecule has 1 fully saturated rings. The first-order valence-electron chi connectivity index (χ1n) is 10.6. The van der Waals surface area contributed by atoms with Gasteiger partial charge in [-0.3, -0.25) is 10.1 Å². The van der Waals surface area contributed by atoms with Crippen LogP contribution in [0.5, 0.6) is 0 Å². The van der Waals surface area contributed by atoms with Crippen LogP contribution in [0.4, 0.5) is 20.6 Å². The van der Waals surface area contributed by atoms with Crippen molar-refractivity contribution in [2.24, 2.45) is 0 Å². The Kier molecular flexibility index (Phi) is 7.76. The molecular weight excluding hydrogens is 469 g/mol. The first-order chi connectivity index (χ1) is 15.4. The average molecular weight is 498 g/mol. The van der Waals surface area contributed by atoms with Gasteiger partial charge in [-0.15, -0.1) is 11.3 Å². The topological polar surface area (TPSA) is 105 Å². The molecule has 0 aliphatic carbocycles. The second-order valence-electron chi connectivity index (χ2n) is 8.73. The number of anilines is 2. The van der Waals surface area contributed by atoms with Gasteiger partial charge >= 0.3 is 6.09 Å². The van der Waals surface area contributed by atoms with Crippen LogP contribution in [-0.2, 0) is 26.0 Å². The number of benzene rings is 1. The third kappa shape index (κ3) is 6.99. The SMILES string of the molecule is CC(C)(C)OC(=O)Nc1cc(NC(=O)Cc2ccc(S(=O)(=O)N3CCCCC3)s2)ccc1F. The predicted octanol–water partition coefficient (Wildman–Crippen LogP) is 4.59. The van der Waals surface area contributed by atoms with Crippen molar-refractivity contribution in [2.45, 2.75) is 56.3 Å². The minimum Gasteiger partial charge on any atom is -0.444 e. The first-order valence-corrected chi connectivity index (χ1v) is 12.9. The molecule has 1 aromatic carbocycles. The molecule has 0 bridgehead atoms. The summed E-state index contributed by atoms with van der Waals surface area (Å²) in [5.74, 6) is -1.07. The Bertz CT molecular complexity index is 1120. The average Bonchev–Trinajstić information content (AvgIpc) is 3.19.